The van der Waals surface area contributed by atoms with Crippen molar-refractivity contribution < 1.29 is 9.47 Å². The number of aromatic nitrogens is 2. The van der Waals surface area contributed by atoms with Gasteiger partial charge in [0, 0.05) is 55.7 Å². The Bertz CT molecular complexity index is 1160. The molecule has 3 aromatic rings. The number of thiocarbonyl (C=S) groups is 1. The molecule has 7 nitrogen and oxygen atoms in total. The standard InChI is InChI=1S/C27H33N5O2S/c1-19-18-23(20(2)32(19)22-9-7-21(8-10-22)30-12-16-34-17-13-30)26-25(24-6-4-5-11-28-24)29-27(35)31(26)14-15-33-3/h4-11,18,25-26H,12-17H2,1-3H3,(H,29,35)/t25-,26+/m0/s1. The van der Waals surface area contributed by atoms with E-state index in [0.29, 0.717) is 13.2 Å². The number of nitrogens with zero attached hydrogens (tertiary/aromatic N) is 4. The number of hydrogen-bond donors (Lipinski definition) is 1. The molecule has 2 fully saturated rings. The fraction of sp³-hybridized carbons (Fsp3) is 0.407. The molecule has 35 heavy (non-hydrogen) atoms. The Labute approximate surface area is 212 Å². The minimum atomic E-state index is -0.0294. The summed E-state index contributed by atoms with van der Waals surface area (Å²) in [5.74, 6) is 0. The largest absolute Gasteiger partial charge is 0.383 e. The maximum absolute atomic E-state index is 5.77. The molecule has 5 rings (SSSR count). The average Bonchev–Trinajstić information content (AvgIpc) is 3.38. The summed E-state index contributed by atoms with van der Waals surface area (Å²) in [5.41, 5.74) is 7.04. The van der Waals surface area contributed by atoms with Crippen molar-refractivity contribution in [3.63, 3.8) is 0 Å². The van der Waals surface area contributed by atoms with Crippen LogP contribution < -0.4 is 10.2 Å². The van der Waals surface area contributed by atoms with Gasteiger partial charge in [0.1, 0.15) is 0 Å². The summed E-state index contributed by atoms with van der Waals surface area (Å²) >= 11 is 5.77. The van der Waals surface area contributed by atoms with Gasteiger partial charge in [-0.25, -0.2) is 0 Å². The summed E-state index contributed by atoms with van der Waals surface area (Å²) in [4.78, 5) is 9.28. The van der Waals surface area contributed by atoms with E-state index >= 15 is 0 Å². The van der Waals surface area contributed by atoms with Crippen molar-refractivity contribution in [1.29, 1.82) is 0 Å². The predicted octanol–water partition coefficient (Wildman–Crippen LogP) is 3.94. The molecule has 0 bridgehead atoms. The number of methoxy groups -OCH3 is 1. The lowest BCUT2D eigenvalue weighted by molar-refractivity contribution is 0.122. The molecule has 1 N–H and O–H groups in total. The maximum Gasteiger partial charge on any atom is 0.170 e. The molecule has 0 radical (unpaired) electrons. The van der Waals surface area contributed by atoms with E-state index in [0.717, 1.165) is 42.8 Å². The summed E-state index contributed by atoms with van der Waals surface area (Å²) in [6, 6.07) is 17.2. The molecule has 1 aromatic carbocycles. The number of pyridine rings is 1. The molecule has 2 saturated heterocycles. The minimum Gasteiger partial charge on any atom is -0.383 e. The lowest BCUT2D eigenvalue weighted by atomic mass is 9.97. The molecule has 0 aliphatic carbocycles. The lowest BCUT2D eigenvalue weighted by Crippen LogP contribution is -2.36. The number of anilines is 1. The van der Waals surface area contributed by atoms with E-state index in [1.807, 2.05) is 18.3 Å². The first-order valence-corrected chi connectivity index (χ1v) is 12.6. The van der Waals surface area contributed by atoms with Crippen molar-refractivity contribution in [2.45, 2.75) is 25.9 Å². The van der Waals surface area contributed by atoms with Gasteiger partial charge in [0.05, 0.1) is 37.6 Å². The van der Waals surface area contributed by atoms with Crippen LogP contribution in [0.25, 0.3) is 5.69 Å². The molecular weight excluding hydrogens is 458 g/mol. The van der Waals surface area contributed by atoms with Crippen molar-refractivity contribution in [3.8, 4) is 5.69 Å². The van der Waals surface area contributed by atoms with Crippen molar-refractivity contribution in [2.75, 3.05) is 51.5 Å². The molecule has 4 heterocycles. The zero-order valence-electron chi connectivity index (χ0n) is 20.6. The maximum atomic E-state index is 5.77. The highest BCUT2D eigenvalue weighted by Crippen LogP contribution is 2.41. The Morgan fingerprint density at radius 2 is 1.83 bits per heavy atom. The van der Waals surface area contributed by atoms with Gasteiger partial charge in [-0.3, -0.25) is 4.98 Å². The molecule has 184 valence electrons. The molecule has 0 saturated carbocycles. The summed E-state index contributed by atoms with van der Waals surface area (Å²) in [6.45, 7) is 9.14. The highest BCUT2D eigenvalue weighted by atomic mass is 32.1. The van der Waals surface area contributed by atoms with Gasteiger partial charge in [-0.2, -0.15) is 0 Å². The third-order valence-electron chi connectivity index (χ3n) is 7.01. The number of aryl methyl sites for hydroxylation is 1. The van der Waals surface area contributed by atoms with Gasteiger partial charge in [-0.05, 0) is 74.1 Å². The molecule has 0 amide bonds. The molecule has 2 aromatic heterocycles. The van der Waals surface area contributed by atoms with Gasteiger partial charge in [0.2, 0.25) is 0 Å². The quantitative estimate of drug-likeness (QED) is 0.503. The number of ether oxygens (including phenoxy) is 2. The first-order chi connectivity index (χ1) is 17.1. The smallest absolute Gasteiger partial charge is 0.170 e. The van der Waals surface area contributed by atoms with E-state index in [9.17, 15) is 0 Å². The SMILES string of the molecule is COCCN1C(=S)N[C@@H](c2ccccn2)[C@H]1c1cc(C)n(-c2ccc(N3CCOCC3)cc2)c1C. The van der Waals surface area contributed by atoms with Gasteiger partial charge in [0.25, 0.3) is 0 Å². The van der Waals surface area contributed by atoms with Crippen LogP contribution in [-0.2, 0) is 9.47 Å². The van der Waals surface area contributed by atoms with Crippen LogP contribution in [0.2, 0.25) is 0 Å². The highest BCUT2D eigenvalue weighted by molar-refractivity contribution is 7.80. The summed E-state index contributed by atoms with van der Waals surface area (Å²) < 4.78 is 13.2. The fourth-order valence-electron chi connectivity index (χ4n) is 5.29. The molecule has 2 aliphatic heterocycles. The monoisotopic (exact) mass is 491 g/mol. The Balaban J connectivity index is 1.50. The van der Waals surface area contributed by atoms with Gasteiger partial charge >= 0.3 is 0 Å². The fourth-order valence-corrected chi connectivity index (χ4v) is 5.62. The zero-order chi connectivity index (χ0) is 24.4. The first kappa shape index (κ1) is 23.8. The van der Waals surface area contributed by atoms with Crippen LogP contribution in [0.4, 0.5) is 5.69 Å². The summed E-state index contributed by atoms with van der Waals surface area (Å²) in [6.07, 6.45) is 1.84. The molecule has 0 unspecified atom stereocenters. The number of morpholine rings is 1. The number of rotatable bonds is 7. The number of benzene rings is 1. The van der Waals surface area contributed by atoms with Gasteiger partial charge < -0.3 is 29.2 Å². The van der Waals surface area contributed by atoms with Crippen molar-refractivity contribution in [2.24, 2.45) is 0 Å². The van der Waals surface area contributed by atoms with E-state index in [1.165, 1.54) is 22.6 Å². The van der Waals surface area contributed by atoms with Crippen molar-refractivity contribution in [1.82, 2.24) is 19.8 Å². The molecule has 2 aliphatic rings. The van der Waals surface area contributed by atoms with Crippen molar-refractivity contribution in [3.05, 3.63) is 77.4 Å². The molecule has 0 spiro atoms. The van der Waals surface area contributed by atoms with Crippen LogP contribution in [0, 0.1) is 13.8 Å². The third kappa shape index (κ3) is 4.66. The van der Waals surface area contributed by atoms with Gasteiger partial charge in [0.15, 0.2) is 5.11 Å². The Morgan fingerprint density at radius 1 is 1.09 bits per heavy atom. The second kappa shape index (κ2) is 10.4. The summed E-state index contributed by atoms with van der Waals surface area (Å²) in [7, 11) is 1.73. The lowest BCUT2D eigenvalue weighted by Gasteiger charge is -2.29. The predicted molar refractivity (Wildman–Crippen MR) is 142 cm³/mol. The molecular formula is C27H33N5O2S. The van der Waals surface area contributed by atoms with E-state index < -0.39 is 0 Å². The van der Waals surface area contributed by atoms with Crippen LogP contribution in [0.15, 0.2) is 54.7 Å². The Kier molecular flexibility index (Phi) is 7.04. The van der Waals surface area contributed by atoms with E-state index in [2.05, 4.69) is 74.9 Å². The highest BCUT2D eigenvalue weighted by Gasteiger charge is 2.41. The normalized spacial score (nSPS) is 20.4. The Morgan fingerprint density at radius 3 is 2.51 bits per heavy atom. The number of nitrogens with one attached hydrogen (secondary N) is 1. The van der Waals surface area contributed by atoms with Gasteiger partial charge in [-0.15, -0.1) is 0 Å². The second-order valence-electron chi connectivity index (χ2n) is 9.09. The minimum absolute atomic E-state index is 0.0279. The van der Waals surface area contributed by atoms with Crippen LogP contribution in [-0.4, -0.2) is 66.1 Å². The molecule has 2 atom stereocenters. The Hall–Kier alpha value is -2.94. The van der Waals surface area contributed by atoms with E-state index in [4.69, 9.17) is 21.7 Å². The van der Waals surface area contributed by atoms with E-state index in [1.54, 1.807) is 7.11 Å². The third-order valence-corrected chi connectivity index (χ3v) is 7.36. The molecule has 8 heteroatoms. The second-order valence-corrected chi connectivity index (χ2v) is 9.48. The zero-order valence-corrected chi connectivity index (χ0v) is 21.4. The van der Waals surface area contributed by atoms with E-state index in [-0.39, 0.29) is 12.1 Å². The van der Waals surface area contributed by atoms with Crippen LogP contribution in [0.5, 0.6) is 0 Å². The first-order valence-electron chi connectivity index (χ1n) is 12.2. The van der Waals surface area contributed by atoms with Crippen LogP contribution in [0.3, 0.4) is 0 Å². The average molecular weight is 492 g/mol. The summed E-state index contributed by atoms with van der Waals surface area (Å²) in [5, 5.41) is 4.27. The topological polar surface area (TPSA) is 54.8 Å². The van der Waals surface area contributed by atoms with Crippen molar-refractivity contribution >= 4 is 23.0 Å². The van der Waals surface area contributed by atoms with Gasteiger partial charge in [-0.1, -0.05) is 6.07 Å². The number of hydrogen-bond acceptors (Lipinski definition) is 5. The van der Waals surface area contributed by atoms with Crippen LogP contribution >= 0.6 is 12.2 Å². The van der Waals surface area contributed by atoms with Crippen LogP contribution in [0.1, 0.15) is 34.7 Å².